The minimum atomic E-state index is 0.649. The Morgan fingerprint density at radius 2 is 2.08 bits per heavy atom. The van der Waals surface area contributed by atoms with Gasteiger partial charge in [-0.05, 0) is 32.9 Å². The number of nitrogens with one attached hydrogen (secondary N) is 1. The highest BCUT2D eigenvalue weighted by atomic mass is 15.2. The molecule has 0 bridgehead atoms. The van der Waals surface area contributed by atoms with Crippen molar-refractivity contribution in [2.75, 3.05) is 19.6 Å². The zero-order valence-electron chi connectivity index (χ0n) is 8.64. The maximum atomic E-state index is 3.45. The summed E-state index contributed by atoms with van der Waals surface area (Å²) in [6.07, 6.45) is 2.85. The first kappa shape index (κ1) is 10.0. The van der Waals surface area contributed by atoms with Crippen LogP contribution in [0.3, 0.4) is 0 Å². The maximum Gasteiger partial charge on any atom is 0.0166 e. The zero-order chi connectivity index (χ0) is 8.97. The van der Waals surface area contributed by atoms with Crippen molar-refractivity contribution in [1.82, 2.24) is 10.2 Å². The van der Waals surface area contributed by atoms with Crippen molar-refractivity contribution in [1.29, 1.82) is 0 Å². The Hall–Kier alpha value is -0.0800. The zero-order valence-corrected chi connectivity index (χ0v) is 8.64. The first-order valence-corrected chi connectivity index (χ1v) is 5.25. The van der Waals surface area contributed by atoms with E-state index in [0.717, 1.165) is 12.6 Å². The molecule has 1 unspecified atom stereocenters. The fourth-order valence-corrected chi connectivity index (χ4v) is 1.74. The van der Waals surface area contributed by atoms with Gasteiger partial charge in [-0.1, -0.05) is 13.8 Å². The first-order chi connectivity index (χ1) is 5.77. The minimum Gasteiger partial charge on any atom is -0.313 e. The van der Waals surface area contributed by atoms with Gasteiger partial charge in [-0.2, -0.15) is 0 Å². The summed E-state index contributed by atoms with van der Waals surface area (Å²) in [7, 11) is 0. The van der Waals surface area contributed by atoms with Crippen LogP contribution in [0.2, 0.25) is 0 Å². The van der Waals surface area contributed by atoms with Gasteiger partial charge in [0.1, 0.15) is 0 Å². The summed E-state index contributed by atoms with van der Waals surface area (Å²) >= 11 is 0. The van der Waals surface area contributed by atoms with E-state index < -0.39 is 0 Å². The van der Waals surface area contributed by atoms with Gasteiger partial charge in [0.2, 0.25) is 0 Å². The van der Waals surface area contributed by atoms with Gasteiger partial charge in [-0.3, -0.25) is 4.90 Å². The quantitative estimate of drug-likeness (QED) is 0.649. The van der Waals surface area contributed by atoms with Crippen LogP contribution in [0.1, 0.15) is 33.6 Å². The lowest BCUT2D eigenvalue weighted by Gasteiger charge is -2.24. The fourth-order valence-electron chi connectivity index (χ4n) is 1.74. The summed E-state index contributed by atoms with van der Waals surface area (Å²) < 4.78 is 0. The van der Waals surface area contributed by atoms with E-state index in [9.17, 15) is 0 Å². The second-order valence-electron chi connectivity index (χ2n) is 3.78. The van der Waals surface area contributed by atoms with Gasteiger partial charge >= 0.3 is 0 Å². The van der Waals surface area contributed by atoms with E-state index in [4.69, 9.17) is 0 Å². The van der Waals surface area contributed by atoms with E-state index in [2.05, 4.69) is 31.0 Å². The van der Waals surface area contributed by atoms with Gasteiger partial charge in [0, 0.05) is 18.6 Å². The number of hydrogen-bond acceptors (Lipinski definition) is 2. The highest BCUT2D eigenvalue weighted by Gasteiger charge is 2.28. The second kappa shape index (κ2) is 4.83. The number of hydrogen-bond donors (Lipinski definition) is 1. The molecule has 0 heterocycles. The molecule has 1 fully saturated rings. The molecule has 1 aliphatic rings. The molecule has 1 saturated carbocycles. The lowest BCUT2D eigenvalue weighted by molar-refractivity contribution is 0.250. The Morgan fingerprint density at radius 3 is 2.50 bits per heavy atom. The van der Waals surface area contributed by atoms with Crippen molar-refractivity contribution in [2.24, 2.45) is 0 Å². The summed E-state index contributed by atoms with van der Waals surface area (Å²) in [6, 6.07) is 1.56. The molecule has 1 N–H and O–H groups in total. The molecule has 0 aromatic carbocycles. The summed E-state index contributed by atoms with van der Waals surface area (Å²) in [4.78, 5) is 2.59. The van der Waals surface area contributed by atoms with Crippen molar-refractivity contribution in [2.45, 2.75) is 45.7 Å². The Labute approximate surface area is 76.3 Å². The Balaban J connectivity index is 2.16. The summed E-state index contributed by atoms with van der Waals surface area (Å²) in [5.41, 5.74) is 0. The molecular formula is C10H22N2. The van der Waals surface area contributed by atoms with E-state index in [1.807, 2.05) is 0 Å². The summed E-state index contributed by atoms with van der Waals surface area (Å²) in [5.74, 6) is 0. The number of rotatable bonds is 6. The largest absolute Gasteiger partial charge is 0.313 e. The molecule has 12 heavy (non-hydrogen) atoms. The maximum absolute atomic E-state index is 3.45. The van der Waals surface area contributed by atoms with Crippen LogP contribution in [-0.4, -0.2) is 36.6 Å². The normalized spacial score (nSPS) is 20.0. The third-order valence-corrected chi connectivity index (χ3v) is 2.53. The standard InChI is InChI=1S/C10H22N2/c1-4-11-9(3)8-12(5-2)10-6-7-10/h9-11H,4-8H2,1-3H3. The molecule has 0 aromatic heterocycles. The molecule has 1 rings (SSSR count). The molecule has 1 atom stereocenters. The predicted molar refractivity (Wildman–Crippen MR) is 53.4 cm³/mol. The van der Waals surface area contributed by atoms with E-state index in [-0.39, 0.29) is 0 Å². The van der Waals surface area contributed by atoms with E-state index in [1.54, 1.807) is 0 Å². The molecule has 1 aliphatic carbocycles. The Morgan fingerprint density at radius 1 is 1.42 bits per heavy atom. The van der Waals surface area contributed by atoms with Gasteiger partial charge < -0.3 is 5.32 Å². The van der Waals surface area contributed by atoms with Gasteiger partial charge in [-0.15, -0.1) is 0 Å². The van der Waals surface area contributed by atoms with Crippen molar-refractivity contribution in [3.8, 4) is 0 Å². The SMILES string of the molecule is CCNC(C)CN(CC)C1CC1. The van der Waals surface area contributed by atoms with Gasteiger partial charge in [-0.25, -0.2) is 0 Å². The fraction of sp³-hybridized carbons (Fsp3) is 1.00. The lowest BCUT2D eigenvalue weighted by Crippen LogP contribution is -2.40. The van der Waals surface area contributed by atoms with E-state index in [0.29, 0.717) is 6.04 Å². The van der Waals surface area contributed by atoms with Crippen LogP contribution < -0.4 is 5.32 Å². The van der Waals surface area contributed by atoms with Crippen molar-refractivity contribution >= 4 is 0 Å². The highest BCUT2D eigenvalue weighted by molar-refractivity contribution is 4.85. The van der Waals surface area contributed by atoms with Crippen LogP contribution in [0.5, 0.6) is 0 Å². The van der Waals surface area contributed by atoms with Crippen LogP contribution >= 0.6 is 0 Å². The van der Waals surface area contributed by atoms with Crippen LogP contribution in [0.25, 0.3) is 0 Å². The number of likely N-dealkylation sites (N-methyl/N-ethyl adjacent to an activating group) is 2. The third kappa shape index (κ3) is 3.11. The molecule has 0 aromatic rings. The van der Waals surface area contributed by atoms with E-state index in [1.165, 1.54) is 25.9 Å². The summed E-state index contributed by atoms with van der Waals surface area (Å²) in [6.45, 7) is 10.2. The Kier molecular flexibility index (Phi) is 4.02. The molecule has 0 aliphatic heterocycles. The van der Waals surface area contributed by atoms with Gasteiger partial charge in [0.25, 0.3) is 0 Å². The van der Waals surface area contributed by atoms with Gasteiger partial charge in [0.15, 0.2) is 0 Å². The highest BCUT2D eigenvalue weighted by Crippen LogP contribution is 2.26. The van der Waals surface area contributed by atoms with Gasteiger partial charge in [0.05, 0.1) is 0 Å². The van der Waals surface area contributed by atoms with Crippen LogP contribution in [0.4, 0.5) is 0 Å². The average Bonchev–Trinajstić information content (AvgIpc) is 2.83. The number of nitrogens with zero attached hydrogens (tertiary/aromatic N) is 1. The molecule has 0 radical (unpaired) electrons. The van der Waals surface area contributed by atoms with E-state index >= 15 is 0 Å². The molecule has 0 amide bonds. The van der Waals surface area contributed by atoms with Crippen molar-refractivity contribution < 1.29 is 0 Å². The predicted octanol–water partition coefficient (Wildman–Crippen LogP) is 1.47. The molecule has 0 spiro atoms. The van der Waals surface area contributed by atoms with Crippen molar-refractivity contribution in [3.63, 3.8) is 0 Å². The molecular weight excluding hydrogens is 148 g/mol. The van der Waals surface area contributed by atoms with Crippen LogP contribution in [0.15, 0.2) is 0 Å². The molecule has 72 valence electrons. The third-order valence-electron chi connectivity index (χ3n) is 2.53. The summed E-state index contributed by atoms with van der Waals surface area (Å²) in [5, 5.41) is 3.45. The second-order valence-corrected chi connectivity index (χ2v) is 3.78. The molecule has 0 saturated heterocycles. The molecule has 2 nitrogen and oxygen atoms in total. The Bertz CT molecular complexity index is 121. The first-order valence-electron chi connectivity index (χ1n) is 5.25. The van der Waals surface area contributed by atoms with Crippen LogP contribution in [0, 0.1) is 0 Å². The lowest BCUT2D eigenvalue weighted by atomic mass is 10.3. The average molecular weight is 170 g/mol. The topological polar surface area (TPSA) is 15.3 Å². The smallest absolute Gasteiger partial charge is 0.0166 e. The van der Waals surface area contributed by atoms with Crippen molar-refractivity contribution in [3.05, 3.63) is 0 Å². The minimum absolute atomic E-state index is 0.649. The monoisotopic (exact) mass is 170 g/mol. The molecule has 2 heteroatoms. The van der Waals surface area contributed by atoms with Crippen LogP contribution in [-0.2, 0) is 0 Å².